The lowest BCUT2D eigenvalue weighted by atomic mass is 9.92. The first-order chi connectivity index (χ1) is 9.84. The smallest absolute Gasteiger partial charge is 0.341 e. The first-order valence-corrected chi connectivity index (χ1v) is 7.11. The molecular weight excluding hydrogens is 279 g/mol. The molecule has 1 N–H and O–H groups in total. The summed E-state index contributed by atoms with van der Waals surface area (Å²) < 4.78 is 38.2. The fourth-order valence-corrected chi connectivity index (χ4v) is 2.94. The van der Waals surface area contributed by atoms with Gasteiger partial charge in [0.15, 0.2) is 0 Å². The molecule has 1 aromatic heterocycles. The molecule has 0 spiro atoms. The van der Waals surface area contributed by atoms with Gasteiger partial charge >= 0.3 is 6.18 Å². The number of benzene rings is 1. The van der Waals surface area contributed by atoms with Crippen LogP contribution in [0.25, 0.3) is 11.0 Å². The van der Waals surface area contributed by atoms with E-state index in [-0.39, 0.29) is 6.04 Å². The standard InChI is InChI=1S/C15H18F3N3/c1-9-5-6-21(2)13(7-9)14-19-11-4-3-10(15(16,17)18)8-12(11)20-14/h3-4,8-9,13H,5-7H2,1-2H3,(H,19,20)/t9?,13-/m1/s1. The number of nitrogens with zero attached hydrogens (tertiary/aromatic N) is 2. The molecule has 1 saturated heterocycles. The molecule has 1 aliphatic rings. The Morgan fingerprint density at radius 2 is 2.10 bits per heavy atom. The Balaban J connectivity index is 1.97. The average Bonchev–Trinajstić information content (AvgIpc) is 2.83. The van der Waals surface area contributed by atoms with Crippen molar-refractivity contribution in [2.45, 2.75) is 32.0 Å². The van der Waals surface area contributed by atoms with Crippen LogP contribution in [0.2, 0.25) is 0 Å². The van der Waals surface area contributed by atoms with Crippen molar-refractivity contribution in [1.82, 2.24) is 14.9 Å². The van der Waals surface area contributed by atoms with Crippen LogP contribution in [0, 0.1) is 5.92 Å². The molecule has 1 aromatic carbocycles. The van der Waals surface area contributed by atoms with E-state index in [9.17, 15) is 13.2 Å². The summed E-state index contributed by atoms with van der Waals surface area (Å²) >= 11 is 0. The zero-order valence-electron chi connectivity index (χ0n) is 12.0. The molecule has 3 nitrogen and oxygen atoms in total. The summed E-state index contributed by atoms with van der Waals surface area (Å²) in [5, 5.41) is 0. The van der Waals surface area contributed by atoms with Crippen molar-refractivity contribution in [3.05, 3.63) is 29.6 Å². The Morgan fingerprint density at radius 3 is 2.81 bits per heavy atom. The minimum absolute atomic E-state index is 0.149. The molecule has 2 aromatic rings. The van der Waals surface area contributed by atoms with Gasteiger partial charge in [0.2, 0.25) is 0 Å². The summed E-state index contributed by atoms with van der Waals surface area (Å²) in [7, 11) is 2.03. The first-order valence-electron chi connectivity index (χ1n) is 7.11. The Hall–Kier alpha value is -1.56. The van der Waals surface area contributed by atoms with E-state index in [1.165, 1.54) is 6.07 Å². The van der Waals surface area contributed by atoms with Gasteiger partial charge in [-0.1, -0.05) is 6.92 Å². The Morgan fingerprint density at radius 1 is 1.33 bits per heavy atom. The zero-order valence-corrected chi connectivity index (χ0v) is 12.0. The van der Waals surface area contributed by atoms with Gasteiger partial charge in [-0.05, 0) is 50.6 Å². The van der Waals surface area contributed by atoms with E-state index < -0.39 is 11.7 Å². The maximum Gasteiger partial charge on any atom is 0.416 e. The monoisotopic (exact) mass is 297 g/mol. The van der Waals surface area contributed by atoms with E-state index in [1.54, 1.807) is 0 Å². The zero-order chi connectivity index (χ0) is 15.2. The summed E-state index contributed by atoms with van der Waals surface area (Å²) in [6, 6.07) is 3.80. The highest BCUT2D eigenvalue weighted by Gasteiger charge is 2.31. The SMILES string of the molecule is CC1CCN(C)[C@@H](c2nc3ccc(C(F)(F)F)cc3[nH]2)C1. The number of aromatic nitrogens is 2. The van der Waals surface area contributed by atoms with Gasteiger partial charge in [-0.25, -0.2) is 4.98 Å². The number of halogens is 3. The molecule has 2 atom stereocenters. The van der Waals surface area contributed by atoms with Crippen LogP contribution in [0.1, 0.15) is 37.2 Å². The first kappa shape index (κ1) is 14.4. The molecule has 3 rings (SSSR count). The summed E-state index contributed by atoms with van der Waals surface area (Å²) in [6.45, 7) is 3.18. The normalized spacial score (nSPS) is 24.6. The molecular formula is C15H18F3N3. The van der Waals surface area contributed by atoms with E-state index >= 15 is 0 Å². The molecule has 1 fully saturated rings. The minimum Gasteiger partial charge on any atom is -0.341 e. The van der Waals surface area contributed by atoms with Crippen molar-refractivity contribution in [2.24, 2.45) is 5.92 Å². The highest BCUT2D eigenvalue weighted by molar-refractivity contribution is 5.76. The van der Waals surface area contributed by atoms with Crippen molar-refractivity contribution in [2.75, 3.05) is 13.6 Å². The topological polar surface area (TPSA) is 31.9 Å². The number of hydrogen-bond acceptors (Lipinski definition) is 2. The van der Waals surface area contributed by atoms with E-state index in [4.69, 9.17) is 0 Å². The van der Waals surface area contributed by atoms with Crippen molar-refractivity contribution in [1.29, 1.82) is 0 Å². The molecule has 114 valence electrons. The molecule has 0 radical (unpaired) electrons. The maximum absolute atomic E-state index is 12.7. The van der Waals surface area contributed by atoms with Crippen molar-refractivity contribution < 1.29 is 13.2 Å². The number of hydrogen-bond donors (Lipinski definition) is 1. The van der Waals surface area contributed by atoms with E-state index in [2.05, 4.69) is 21.8 Å². The molecule has 1 aliphatic heterocycles. The maximum atomic E-state index is 12.7. The van der Waals surface area contributed by atoms with Gasteiger partial charge in [-0.2, -0.15) is 13.2 Å². The molecule has 0 amide bonds. The van der Waals surface area contributed by atoms with Gasteiger partial charge < -0.3 is 4.98 Å². The van der Waals surface area contributed by atoms with Crippen LogP contribution in [0.4, 0.5) is 13.2 Å². The number of fused-ring (bicyclic) bond motifs is 1. The lowest BCUT2D eigenvalue weighted by Crippen LogP contribution is -2.33. The molecule has 0 aliphatic carbocycles. The van der Waals surface area contributed by atoms with Crippen LogP contribution in [-0.4, -0.2) is 28.5 Å². The number of aromatic amines is 1. The third-order valence-electron chi connectivity index (χ3n) is 4.28. The number of rotatable bonds is 1. The second-order valence-electron chi connectivity index (χ2n) is 5.98. The molecule has 2 heterocycles. The lowest BCUT2D eigenvalue weighted by Gasteiger charge is -2.34. The fraction of sp³-hybridized carbons (Fsp3) is 0.533. The van der Waals surface area contributed by atoms with Gasteiger partial charge in [0, 0.05) is 0 Å². The number of alkyl halides is 3. The summed E-state index contributed by atoms with van der Waals surface area (Å²) in [6.07, 6.45) is -2.20. The number of imidazole rings is 1. The number of piperidine rings is 1. The van der Waals surface area contributed by atoms with Gasteiger partial charge in [-0.15, -0.1) is 0 Å². The molecule has 6 heteroatoms. The van der Waals surface area contributed by atoms with Crippen LogP contribution >= 0.6 is 0 Å². The Labute approximate surface area is 121 Å². The van der Waals surface area contributed by atoms with Gasteiger partial charge in [-0.3, -0.25) is 4.90 Å². The lowest BCUT2D eigenvalue weighted by molar-refractivity contribution is -0.137. The second-order valence-corrected chi connectivity index (χ2v) is 5.98. The van der Waals surface area contributed by atoms with Gasteiger partial charge in [0.1, 0.15) is 5.82 Å². The van der Waals surface area contributed by atoms with Gasteiger partial charge in [0.05, 0.1) is 22.6 Å². The Bertz CT molecular complexity index is 647. The minimum atomic E-state index is -4.32. The fourth-order valence-electron chi connectivity index (χ4n) is 2.94. The van der Waals surface area contributed by atoms with Crippen LogP contribution in [-0.2, 0) is 6.18 Å². The largest absolute Gasteiger partial charge is 0.416 e. The molecule has 21 heavy (non-hydrogen) atoms. The quantitative estimate of drug-likeness (QED) is 0.863. The van der Waals surface area contributed by atoms with Crippen LogP contribution < -0.4 is 0 Å². The van der Waals surface area contributed by atoms with Crippen molar-refractivity contribution >= 4 is 11.0 Å². The van der Waals surface area contributed by atoms with Crippen LogP contribution in [0.15, 0.2) is 18.2 Å². The summed E-state index contributed by atoms with van der Waals surface area (Å²) in [5.41, 5.74) is 0.395. The van der Waals surface area contributed by atoms with E-state index in [0.717, 1.165) is 37.3 Å². The van der Waals surface area contributed by atoms with E-state index in [0.29, 0.717) is 17.0 Å². The van der Waals surface area contributed by atoms with E-state index in [1.807, 2.05) is 7.05 Å². The highest BCUT2D eigenvalue weighted by Crippen LogP contribution is 2.34. The average molecular weight is 297 g/mol. The molecule has 0 saturated carbocycles. The summed E-state index contributed by atoms with van der Waals surface area (Å²) in [4.78, 5) is 9.77. The number of H-pyrrole nitrogens is 1. The van der Waals surface area contributed by atoms with Crippen LogP contribution in [0.3, 0.4) is 0 Å². The summed E-state index contributed by atoms with van der Waals surface area (Å²) in [5.74, 6) is 1.36. The van der Waals surface area contributed by atoms with Crippen molar-refractivity contribution in [3.8, 4) is 0 Å². The van der Waals surface area contributed by atoms with Crippen molar-refractivity contribution in [3.63, 3.8) is 0 Å². The number of likely N-dealkylation sites (tertiary alicyclic amines) is 1. The molecule has 0 bridgehead atoms. The van der Waals surface area contributed by atoms with Gasteiger partial charge in [0.25, 0.3) is 0 Å². The highest BCUT2D eigenvalue weighted by atomic mass is 19.4. The third kappa shape index (κ3) is 2.77. The second kappa shape index (κ2) is 5.02. The Kier molecular flexibility index (Phi) is 3.43. The van der Waals surface area contributed by atoms with Crippen LogP contribution in [0.5, 0.6) is 0 Å². The predicted molar refractivity (Wildman–Crippen MR) is 74.9 cm³/mol. The third-order valence-corrected chi connectivity index (χ3v) is 4.28. The molecule has 1 unspecified atom stereocenters. The predicted octanol–water partition coefficient (Wildman–Crippen LogP) is 3.98. The number of nitrogens with one attached hydrogen (secondary N) is 1.